The highest BCUT2D eigenvalue weighted by Gasteiger charge is 2.08. The van der Waals surface area contributed by atoms with Crippen molar-refractivity contribution in [2.24, 2.45) is 5.10 Å². The Labute approximate surface area is 135 Å². The Kier molecular flexibility index (Phi) is 6.17. The topological polar surface area (TPSA) is 59.9 Å². The molecule has 2 aromatic carbocycles. The molecule has 0 spiro atoms. The van der Waals surface area contributed by atoms with E-state index in [0.717, 1.165) is 11.1 Å². The van der Waals surface area contributed by atoms with Crippen molar-refractivity contribution in [3.05, 3.63) is 59.7 Å². The van der Waals surface area contributed by atoms with Crippen molar-refractivity contribution >= 4 is 12.1 Å². The van der Waals surface area contributed by atoms with Gasteiger partial charge < -0.3 is 9.47 Å². The molecule has 1 N–H and O–H groups in total. The Morgan fingerprint density at radius 1 is 1.17 bits per heavy atom. The molecule has 0 radical (unpaired) electrons. The Hall–Kier alpha value is -2.82. The first kappa shape index (κ1) is 16.5. The maximum Gasteiger partial charge on any atom is 0.244 e. The Morgan fingerprint density at radius 2 is 1.96 bits per heavy atom. The van der Waals surface area contributed by atoms with Gasteiger partial charge in [-0.3, -0.25) is 4.79 Å². The van der Waals surface area contributed by atoms with Crippen LogP contribution >= 0.6 is 0 Å². The van der Waals surface area contributed by atoms with Crippen LogP contribution in [0.25, 0.3) is 0 Å². The van der Waals surface area contributed by atoms with E-state index < -0.39 is 0 Å². The maximum atomic E-state index is 11.8. The summed E-state index contributed by atoms with van der Waals surface area (Å²) >= 11 is 0. The van der Waals surface area contributed by atoms with Gasteiger partial charge in [-0.05, 0) is 24.6 Å². The maximum absolute atomic E-state index is 11.8. The summed E-state index contributed by atoms with van der Waals surface area (Å²) < 4.78 is 10.9. The Morgan fingerprint density at radius 3 is 2.65 bits per heavy atom. The van der Waals surface area contributed by atoms with Gasteiger partial charge in [0.15, 0.2) is 11.5 Å². The molecule has 0 saturated heterocycles. The molecule has 0 bridgehead atoms. The summed E-state index contributed by atoms with van der Waals surface area (Å²) in [6, 6.07) is 15.0. The summed E-state index contributed by atoms with van der Waals surface area (Å²) in [7, 11) is 1.57. The van der Waals surface area contributed by atoms with Gasteiger partial charge in [0.25, 0.3) is 0 Å². The summed E-state index contributed by atoms with van der Waals surface area (Å²) in [5, 5.41) is 3.99. The third-order valence-corrected chi connectivity index (χ3v) is 3.11. The fourth-order valence-electron chi connectivity index (χ4n) is 2.12. The van der Waals surface area contributed by atoms with Gasteiger partial charge >= 0.3 is 0 Å². The highest BCUT2D eigenvalue weighted by molar-refractivity contribution is 5.86. The van der Waals surface area contributed by atoms with E-state index in [1.54, 1.807) is 13.3 Å². The van der Waals surface area contributed by atoms with Crippen LogP contribution < -0.4 is 14.9 Å². The van der Waals surface area contributed by atoms with E-state index in [4.69, 9.17) is 9.47 Å². The van der Waals surface area contributed by atoms with Crippen LogP contribution in [-0.2, 0) is 11.2 Å². The lowest BCUT2D eigenvalue weighted by molar-refractivity contribution is -0.120. The van der Waals surface area contributed by atoms with Crippen LogP contribution in [0.4, 0.5) is 0 Å². The van der Waals surface area contributed by atoms with Crippen LogP contribution in [0, 0.1) is 0 Å². The molecule has 2 aromatic rings. The number of amides is 1. The van der Waals surface area contributed by atoms with Crippen LogP contribution in [0.15, 0.2) is 53.6 Å². The van der Waals surface area contributed by atoms with Crippen molar-refractivity contribution in [1.82, 2.24) is 5.43 Å². The summed E-state index contributed by atoms with van der Waals surface area (Å²) in [6.45, 7) is 2.45. The summed E-state index contributed by atoms with van der Waals surface area (Å²) in [4.78, 5) is 11.8. The molecule has 1 amide bonds. The quantitative estimate of drug-likeness (QED) is 0.632. The number of rotatable bonds is 7. The standard InChI is InChI=1S/C18H20N2O3/c1-3-23-16-11-7-10-15(18(16)22-2)13-19-20-17(21)12-14-8-5-4-6-9-14/h4-11,13H,3,12H2,1-2H3,(H,20,21)/b19-13-. The van der Waals surface area contributed by atoms with Gasteiger partial charge in [0, 0.05) is 5.56 Å². The highest BCUT2D eigenvalue weighted by Crippen LogP contribution is 2.29. The zero-order valence-corrected chi connectivity index (χ0v) is 13.3. The van der Waals surface area contributed by atoms with E-state index in [-0.39, 0.29) is 12.3 Å². The summed E-state index contributed by atoms with van der Waals surface area (Å²) in [5.41, 5.74) is 4.19. The minimum absolute atomic E-state index is 0.174. The first-order chi connectivity index (χ1) is 11.2. The molecule has 2 rings (SSSR count). The van der Waals surface area contributed by atoms with E-state index in [0.29, 0.717) is 18.1 Å². The normalized spacial score (nSPS) is 10.5. The van der Waals surface area contributed by atoms with E-state index in [9.17, 15) is 4.79 Å². The third-order valence-electron chi connectivity index (χ3n) is 3.11. The molecule has 0 atom stereocenters. The number of para-hydroxylation sites is 1. The predicted molar refractivity (Wildman–Crippen MR) is 90.0 cm³/mol. The molecule has 120 valence electrons. The van der Waals surface area contributed by atoms with E-state index >= 15 is 0 Å². The van der Waals surface area contributed by atoms with Gasteiger partial charge in [0.2, 0.25) is 5.91 Å². The number of nitrogens with one attached hydrogen (secondary N) is 1. The number of benzene rings is 2. The van der Waals surface area contributed by atoms with E-state index in [2.05, 4.69) is 10.5 Å². The van der Waals surface area contributed by atoms with Crippen molar-refractivity contribution < 1.29 is 14.3 Å². The fraction of sp³-hybridized carbons (Fsp3) is 0.222. The number of ether oxygens (including phenoxy) is 2. The monoisotopic (exact) mass is 312 g/mol. The van der Waals surface area contributed by atoms with Crippen molar-refractivity contribution in [3.8, 4) is 11.5 Å². The summed E-state index contributed by atoms with van der Waals surface area (Å²) in [6.07, 6.45) is 1.83. The van der Waals surface area contributed by atoms with Gasteiger partial charge in [0.05, 0.1) is 26.4 Å². The van der Waals surface area contributed by atoms with E-state index in [1.807, 2.05) is 55.5 Å². The molecule has 0 saturated carbocycles. The second-order valence-electron chi connectivity index (χ2n) is 4.77. The molecule has 0 aliphatic rings. The molecule has 23 heavy (non-hydrogen) atoms. The van der Waals surface area contributed by atoms with Crippen LogP contribution in [0.1, 0.15) is 18.1 Å². The van der Waals surface area contributed by atoms with Crippen LogP contribution in [-0.4, -0.2) is 25.8 Å². The summed E-state index contributed by atoms with van der Waals surface area (Å²) in [5.74, 6) is 1.07. The second-order valence-corrected chi connectivity index (χ2v) is 4.77. The number of hydrogen-bond donors (Lipinski definition) is 1. The Bertz CT molecular complexity index is 669. The number of hydrazone groups is 1. The van der Waals surface area contributed by atoms with E-state index in [1.165, 1.54) is 0 Å². The SMILES string of the molecule is CCOc1cccc(/C=N\NC(=O)Cc2ccccc2)c1OC. The molecule has 0 fully saturated rings. The van der Waals surface area contributed by atoms with Crippen molar-refractivity contribution in [2.75, 3.05) is 13.7 Å². The van der Waals surface area contributed by atoms with Gasteiger partial charge in [-0.2, -0.15) is 5.10 Å². The minimum atomic E-state index is -0.174. The second kappa shape index (κ2) is 8.58. The fourth-order valence-corrected chi connectivity index (χ4v) is 2.12. The number of methoxy groups -OCH3 is 1. The highest BCUT2D eigenvalue weighted by atomic mass is 16.5. The van der Waals surface area contributed by atoms with Crippen LogP contribution in [0.3, 0.4) is 0 Å². The predicted octanol–water partition coefficient (Wildman–Crippen LogP) is 2.79. The van der Waals surface area contributed by atoms with Crippen molar-refractivity contribution in [3.63, 3.8) is 0 Å². The zero-order valence-electron chi connectivity index (χ0n) is 13.3. The average Bonchev–Trinajstić information content (AvgIpc) is 2.56. The number of carbonyl (C=O) groups is 1. The molecule has 0 unspecified atom stereocenters. The lowest BCUT2D eigenvalue weighted by atomic mass is 10.1. The molecule has 0 heterocycles. The molecule has 0 aliphatic carbocycles. The molecule has 5 heteroatoms. The minimum Gasteiger partial charge on any atom is -0.492 e. The van der Waals surface area contributed by atoms with Crippen molar-refractivity contribution in [1.29, 1.82) is 0 Å². The first-order valence-electron chi connectivity index (χ1n) is 7.40. The van der Waals surface area contributed by atoms with Crippen LogP contribution in [0.2, 0.25) is 0 Å². The first-order valence-corrected chi connectivity index (χ1v) is 7.40. The Balaban J connectivity index is 2.00. The van der Waals surface area contributed by atoms with Gasteiger partial charge in [-0.15, -0.1) is 0 Å². The number of nitrogens with zero attached hydrogens (tertiary/aromatic N) is 1. The lowest BCUT2D eigenvalue weighted by Gasteiger charge is -2.11. The van der Waals surface area contributed by atoms with Gasteiger partial charge in [-0.1, -0.05) is 36.4 Å². The molecule has 5 nitrogen and oxygen atoms in total. The zero-order chi connectivity index (χ0) is 16.5. The molecular weight excluding hydrogens is 292 g/mol. The molecule has 0 aromatic heterocycles. The molecule has 0 aliphatic heterocycles. The molecular formula is C18H20N2O3. The smallest absolute Gasteiger partial charge is 0.244 e. The van der Waals surface area contributed by atoms with Gasteiger partial charge in [0.1, 0.15) is 0 Å². The van der Waals surface area contributed by atoms with Crippen molar-refractivity contribution in [2.45, 2.75) is 13.3 Å². The average molecular weight is 312 g/mol. The number of hydrogen-bond acceptors (Lipinski definition) is 4. The third kappa shape index (κ3) is 4.85. The largest absolute Gasteiger partial charge is 0.492 e. The van der Waals surface area contributed by atoms with Gasteiger partial charge in [-0.25, -0.2) is 5.43 Å². The lowest BCUT2D eigenvalue weighted by Crippen LogP contribution is -2.19. The number of carbonyl (C=O) groups excluding carboxylic acids is 1. The van der Waals surface area contributed by atoms with Crippen LogP contribution in [0.5, 0.6) is 11.5 Å².